The number of carboxylic acid groups (broad SMARTS) is 1. The van der Waals surface area contributed by atoms with Crippen molar-refractivity contribution in [2.24, 2.45) is 0 Å². The zero-order chi connectivity index (χ0) is 15.1. The maximum absolute atomic E-state index is 12.1. The number of amides is 1. The van der Waals surface area contributed by atoms with E-state index in [1.54, 1.807) is 11.0 Å². The topological polar surface area (TPSA) is 70.5 Å². The molecule has 1 N–H and O–H groups in total. The lowest BCUT2D eigenvalue weighted by atomic mass is 10.3. The zero-order valence-corrected chi connectivity index (χ0v) is 12.4. The Morgan fingerprint density at radius 1 is 1.50 bits per heavy atom. The van der Waals surface area contributed by atoms with Crippen LogP contribution in [0.5, 0.6) is 0 Å². The van der Waals surface area contributed by atoms with Gasteiger partial charge in [-0.2, -0.15) is 0 Å². The second-order valence-corrected chi connectivity index (χ2v) is 5.28. The molecule has 1 heterocycles. The van der Waals surface area contributed by atoms with Gasteiger partial charge in [0, 0.05) is 19.3 Å². The van der Waals surface area contributed by atoms with E-state index in [2.05, 4.69) is 11.6 Å². The number of likely N-dealkylation sites (N-methyl/N-ethyl adjacent to an activating group) is 1. The smallest absolute Gasteiger partial charge is 0.338 e. The number of rotatable bonds is 7. The summed E-state index contributed by atoms with van der Waals surface area (Å²) in [6.07, 6.45) is 1.52. The highest BCUT2D eigenvalue weighted by molar-refractivity contribution is 8.00. The first-order valence-electron chi connectivity index (χ1n) is 6.19. The van der Waals surface area contributed by atoms with Crippen molar-refractivity contribution in [1.82, 2.24) is 9.88 Å². The maximum atomic E-state index is 12.1. The quantitative estimate of drug-likeness (QED) is 0.617. The second kappa shape index (κ2) is 7.69. The van der Waals surface area contributed by atoms with Crippen molar-refractivity contribution in [2.45, 2.75) is 18.9 Å². The maximum Gasteiger partial charge on any atom is 0.338 e. The molecule has 0 aliphatic heterocycles. The molecular formula is C14H18N2O3S. The van der Waals surface area contributed by atoms with E-state index in [1.165, 1.54) is 12.3 Å². The van der Waals surface area contributed by atoms with E-state index in [-0.39, 0.29) is 17.2 Å². The molecular weight excluding hydrogens is 276 g/mol. The molecule has 0 atom stereocenters. The Kier molecular flexibility index (Phi) is 6.24. The van der Waals surface area contributed by atoms with Gasteiger partial charge < -0.3 is 10.0 Å². The number of nitrogens with zero attached hydrogens (tertiary/aromatic N) is 2. The Balaban J connectivity index is 2.69. The van der Waals surface area contributed by atoms with Crippen LogP contribution in [0.15, 0.2) is 35.5 Å². The van der Waals surface area contributed by atoms with Crippen LogP contribution in [0.25, 0.3) is 0 Å². The molecule has 1 amide bonds. The van der Waals surface area contributed by atoms with Gasteiger partial charge in [0.15, 0.2) is 0 Å². The highest BCUT2D eigenvalue weighted by atomic mass is 32.2. The fraction of sp³-hybridized carbons (Fsp3) is 0.357. The molecule has 0 aromatic carbocycles. The molecule has 0 bridgehead atoms. The van der Waals surface area contributed by atoms with Crippen LogP contribution >= 0.6 is 11.8 Å². The number of aromatic nitrogens is 1. The van der Waals surface area contributed by atoms with E-state index in [0.29, 0.717) is 18.1 Å². The van der Waals surface area contributed by atoms with E-state index in [0.717, 1.165) is 17.3 Å². The molecule has 0 aliphatic carbocycles. The van der Waals surface area contributed by atoms with Crippen molar-refractivity contribution in [3.05, 3.63) is 36.0 Å². The van der Waals surface area contributed by atoms with Gasteiger partial charge >= 0.3 is 5.97 Å². The van der Waals surface area contributed by atoms with Crippen molar-refractivity contribution in [1.29, 1.82) is 0 Å². The standard InChI is InChI=1S/C14H18N2O3S/c1-4-16(8-10(2)3)12(17)9-20-13-11(14(18)19)6-5-7-15-13/h5-7H,2,4,8-9H2,1,3H3,(H,18,19). The van der Waals surface area contributed by atoms with Gasteiger partial charge in [-0.05, 0) is 26.0 Å². The minimum atomic E-state index is -1.04. The van der Waals surface area contributed by atoms with Gasteiger partial charge in [0.25, 0.3) is 0 Å². The molecule has 0 saturated carbocycles. The Bertz CT molecular complexity index is 517. The molecule has 0 aliphatic rings. The van der Waals surface area contributed by atoms with E-state index < -0.39 is 5.97 Å². The van der Waals surface area contributed by atoms with Crippen LogP contribution in [0.4, 0.5) is 0 Å². The summed E-state index contributed by atoms with van der Waals surface area (Å²) in [5.74, 6) is -0.928. The molecule has 108 valence electrons. The summed E-state index contributed by atoms with van der Waals surface area (Å²) < 4.78 is 0. The number of thioether (sulfide) groups is 1. The average molecular weight is 294 g/mol. The predicted octanol–water partition coefficient (Wildman–Crippen LogP) is 2.30. The fourth-order valence-electron chi connectivity index (χ4n) is 1.59. The van der Waals surface area contributed by atoms with Gasteiger partial charge in [-0.25, -0.2) is 9.78 Å². The summed E-state index contributed by atoms with van der Waals surface area (Å²) in [5.41, 5.74) is 1.03. The number of pyridine rings is 1. The molecule has 1 aromatic heterocycles. The molecule has 1 aromatic rings. The summed E-state index contributed by atoms with van der Waals surface area (Å²) in [6.45, 7) is 8.67. The lowest BCUT2D eigenvalue weighted by Gasteiger charge is -2.20. The minimum Gasteiger partial charge on any atom is -0.478 e. The van der Waals surface area contributed by atoms with Crippen LogP contribution in [-0.4, -0.2) is 45.7 Å². The average Bonchev–Trinajstić information content (AvgIpc) is 2.42. The minimum absolute atomic E-state index is 0.0532. The molecule has 20 heavy (non-hydrogen) atoms. The number of aromatic carboxylic acids is 1. The van der Waals surface area contributed by atoms with Crippen molar-refractivity contribution in [3.63, 3.8) is 0 Å². The van der Waals surface area contributed by atoms with Crippen LogP contribution in [-0.2, 0) is 4.79 Å². The van der Waals surface area contributed by atoms with Gasteiger partial charge in [-0.3, -0.25) is 4.79 Å². The van der Waals surface area contributed by atoms with Crippen molar-refractivity contribution in [2.75, 3.05) is 18.8 Å². The first kappa shape index (κ1) is 16.2. The van der Waals surface area contributed by atoms with Gasteiger partial charge in [-0.15, -0.1) is 0 Å². The fourth-order valence-corrected chi connectivity index (χ4v) is 2.48. The normalized spacial score (nSPS) is 10.1. The van der Waals surface area contributed by atoms with Crippen molar-refractivity contribution < 1.29 is 14.7 Å². The molecule has 0 radical (unpaired) electrons. The lowest BCUT2D eigenvalue weighted by Crippen LogP contribution is -2.33. The van der Waals surface area contributed by atoms with Gasteiger partial charge in [-0.1, -0.05) is 23.9 Å². The summed E-state index contributed by atoms with van der Waals surface area (Å²) in [7, 11) is 0. The molecule has 0 fully saturated rings. The Morgan fingerprint density at radius 2 is 2.20 bits per heavy atom. The lowest BCUT2D eigenvalue weighted by molar-refractivity contribution is -0.127. The molecule has 6 heteroatoms. The van der Waals surface area contributed by atoms with Gasteiger partial charge in [0.1, 0.15) is 5.03 Å². The summed E-state index contributed by atoms with van der Waals surface area (Å²) in [4.78, 5) is 28.8. The number of carbonyl (C=O) groups excluding carboxylic acids is 1. The number of hydrogen-bond acceptors (Lipinski definition) is 4. The van der Waals surface area contributed by atoms with Crippen molar-refractivity contribution >= 4 is 23.6 Å². The Morgan fingerprint density at radius 3 is 2.75 bits per heavy atom. The number of carboxylic acids is 1. The first-order valence-corrected chi connectivity index (χ1v) is 7.17. The SMILES string of the molecule is C=C(C)CN(CC)C(=O)CSc1ncccc1C(=O)O. The monoisotopic (exact) mass is 294 g/mol. The highest BCUT2D eigenvalue weighted by Gasteiger charge is 2.16. The molecule has 0 saturated heterocycles. The molecule has 0 spiro atoms. The van der Waals surface area contributed by atoms with E-state index in [4.69, 9.17) is 5.11 Å². The van der Waals surface area contributed by atoms with Gasteiger partial charge in [0.05, 0.1) is 11.3 Å². The van der Waals surface area contributed by atoms with E-state index in [9.17, 15) is 9.59 Å². The second-order valence-electron chi connectivity index (χ2n) is 4.31. The van der Waals surface area contributed by atoms with Crippen LogP contribution in [0.2, 0.25) is 0 Å². The molecule has 5 nitrogen and oxygen atoms in total. The number of carbonyl (C=O) groups is 2. The third kappa shape index (κ3) is 4.70. The molecule has 1 rings (SSSR count). The largest absolute Gasteiger partial charge is 0.478 e. The third-order valence-electron chi connectivity index (χ3n) is 2.53. The van der Waals surface area contributed by atoms with Gasteiger partial charge in [0.2, 0.25) is 5.91 Å². The summed E-state index contributed by atoms with van der Waals surface area (Å²) in [5, 5.41) is 9.41. The Labute approximate surface area is 122 Å². The van der Waals surface area contributed by atoms with E-state index >= 15 is 0 Å². The molecule has 0 unspecified atom stereocenters. The van der Waals surface area contributed by atoms with Crippen LogP contribution in [0.1, 0.15) is 24.2 Å². The highest BCUT2D eigenvalue weighted by Crippen LogP contribution is 2.20. The van der Waals surface area contributed by atoms with Crippen LogP contribution in [0, 0.1) is 0 Å². The van der Waals surface area contributed by atoms with Crippen LogP contribution in [0.3, 0.4) is 0 Å². The predicted molar refractivity (Wildman–Crippen MR) is 79.0 cm³/mol. The summed E-state index contributed by atoms with van der Waals surface area (Å²) in [6, 6.07) is 3.04. The third-order valence-corrected chi connectivity index (χ3v) is 3.52. The van der Waals surface area contributed by atoms with E-state index in [1.807, 2.05) is 13.8 Å². The zero-order valence-electron chi connectivity index (χ0n) is 11.6. The first-order chi connectivity index (χ1) is 9.45. The van der Waals surface area contributed by atoms with Crippen molar-refractivity contribution in [3.8, 4) is 0 Å². The van der Waals surface area contributed by atoms with Crippen LogP contribution < -0.4 is 0 Å². The summed E-state index contributed by atoms with van der Waals surface area (Å²) >= 11 is 1.14. The number of hydrogen-bond donors (Lipinski definition) is 1. The Hall–Kier alpha value is -1.82.